The third-order valence-corrected chi connectivity index (χ3v) is 18.9. The Labute approximate surface area is 719 Å². The number of aromatic nitrogens is 8. The SMILES string of the molecule is [2H]c1c([2H])c(C([2H])N2CCC(N([2H])c3ncnc4sc(Cl)c([2H])c34)CC2)c([2H])c(C#N)c1F.[2H]c1c([2H])c(C([2H])N2CCC([2H])(N([2H])c3ncnc4sc(Cl)c([2H])c34)CC2)c([2H])c(C#N)c1F.[2H]c1nc(N([2H])C2([2H])C([2H])([2H])C([2H])([2H])N(C([2H])([2H])c3c([2H])cc(F)c(C#N)c3[2H])C([2H])([2H])C2([2H])[2H])c2c([2H])c(Cl)sc2n1.[2H]c1nc(N([2H])C2([2H])C([2H])([2H])C([2H])([2H])N(C([2H])c3c([2H])c([2H])c(F)c(C#N)c3[2H])C([2H])([2H])C2([2H])[2H])c2c([2H])c(Cl)sc2n1. The first-order chi connectivity index (χ1) is 70.5. The van der Waals surface area contributed by atoms with E-state index in [1.54, 1.807) is 15.9 Å². The van der Waals surface area contributed by atoms with Crippen molar-refractivity contribution in [2.45, 2.75) is 101 Å². The van der Waals surface area contributed by atoms with Crippen LogP contribution >= 0.6 is 91.8 Å². The Bertz CT molecular complexity index is 7750. The van der Waals surface area contributed by atoms with Gasteiger partial charge in [-0.3, -0.25) is 19.6 Å². The fourth-order valence-corrected chi connectivity index (χ4v) is 13.5. The average Bonchev–Trinajstić information content (AvgIpc) is 1.33. The summed E-state index contributed by atoms with van der Waals surface area (Å²) >= 11 is 27.6. The second kappa shape index (κ2) is 36.4. The van der Waals surface area contributed by atoms with Crippen LogP contribution in [-0.2, 0) is 26.1 Å². The molecule has 3 atom stereocenters. The molecule has 3 unspecified atom stereocenters. The largest absolute Gasteiger partial charge is 0.367 e. The van der Waals surface area contributed by atoms with E-state index in [0.29, 0.717) is 69.7 Å². The van der Waals surface area contributed by atoms with E-state index in [4.69, 9.17) is 119 Å². The number of rotatable bonds is 16. The van der Waals surface area contributed by atoms with Gasteiger partial charge in [-0.2, -0.15) is 21.0 Å². The first-order valence-electron chi connectivity index (χ1n) is 53.0. The highest BCUT2D eigenvalue weighted by Crippen LogP contribution is 2.37. The minimum Gasteiger partial charge on any atom is -0.367 e. The van der Waals surface area contributed by atoms with Crippen molar-refractivity contribution in [3.63, 3.8) is 0 Å². The van der Waals surface area contributed by atoms with E-state index in [2.05, 4.69) is 39.9 Å². The predicted octanol–water partition coefficient (Wildman–Crippen LogP) is 17.7. The highest BCUT2D eigenvalue weighted by atomic mass is 35.5. The van der Waals surface area contributed by atoms with Crippen LogP contribution < -0.4 is 21.2 Å². The van der Waals surface area contributed by atoms with Crippen LogP contribution in [0.1, 0.15) is 152 Å². The van der Waals surface area contributed by atoms with Gasteiger partial charge in [0.15, 0.2) is 5.65 Å². The molecule has 4 aromatic carbocycles. The molecule has 32 heteroatoms. The smallest absolute Gasteiger partial charge is 0.162 e. The highest BCUT2D eigenvalue weighted by molar-refractivity contribution is 7.23. The first kappa shape index (κ1) is 39.0. The minimum absolute atomic E-state index is 0.0106. The Morgan fingerprint density at radius 1 is 0.435 bits per heavy atom. The first-order valence-corrected chi connectivity index (χ1v) is 35.2. The molecule has 552 valence electrons. The second-order valence-electron chi connectivity index (χ2n) is 21.5. The lowest BCUT2D eigenvalue weighted by molar-refractivity contribution is 0.211. The van der Waals surface area contributed by atoms with E-state index in [9.17, 15) is 28.1 Å². The Kier molecular flexibility index (Phi) is 13.2. The zero-order valence-corrected chi connectivity index (χ0v) is 60.1. The van der Waals surface area contributed by atoms with Crippen LogP contribution in [0.3, 0.4) is 0 Å². The van der Waals surface area contributed by atoms with Crippen molar-refractivity contribution in [1.29, 1.82) is 21.0 Å². The molecule has 0 amide bonds. The Morgan fingerprint density at radius 2 is 0.787 bits per heavy atom. The summed E-state index contributed by atoms with van der Waals surface area (Å²) in [4.78, 5) is 34.0. The molecule has 0 spiro atoms. The van der Waals surface area contributed by atoms with Gasteiger partial charge in [-0.15, -0.1) is 45.3 Å². The molecule has 12 heterocycles. The maximum atomic E-state index is 14.4. The molecule has 8 aromatic heterocycles. The number of hydrogen-bond donors (Lipinski definition) is 4. The van der Waals surface area contributed by atoms with Crippen LogP contribution in [0.5, 0.6) is 0 Å². The summed E-state index contributed by atoms with van der Waals surface area (Å²) in [6.07, 6.45) is -14.4. The zero-order valence-electron chi connectivity index (χ0n) is 98.8. The van der Waals surface area contributed by atoms with E-state index >= 15 is 0 Å². The van der Waals surface area contributed by atoms with Gasteiger partial charge in [0.05, 0.1) is 85.8 Å². The number of hydrogen-bond acceptors (Lipinski definition) is 24. The number of nitriles is 4. The highest BCUT2D eigenvalue weighted by Gasteiger charge is 2.27. The Hall–Kier alpha value is -9.08. The van der Waals surface area contributed by atoms with E-state index < -0.39 is 271 Å². The summed E-state index contributed by atoms with van der Waals surface area (Å²) in [5, 5.41) is 38.1. The molecular weight excluding hydrogens is 1540 g/mol. The molecule has 16 rings (SSSR count). The molecule has 0 saturated carbocycles. The lowest BCUT2D eigenvalue weighted by Crippen LogP contribution is -2.38. The third kappa shape index (κ3) is 20.0. The summed E-state index contributed by atoms with van der Waals surface area (Å²) in [5.41, 5.74) is -6.40. The molecule has 0 radical (unpaired) electrons. The van der Waals surface area contributed by atoms with E-state index in [1.807, 2.05) is 0 Å². The van der Waals surface area contributed by atoms with E-state index in [0.717, 1.165) is 28.0 Å². The fourth-order valence-electron chi connectivity index (χ4n) is 9.60. The van der Waals surface area contributed by atoms with Gasteiger partial charge < -0.3 is 21.2 Å². The molecule has 0 bridgehead atoms. The summed E-state index contributed by atoms with van der Waals surface area (Å²) in [5.74, 6) is -7.04. The summed E-state index contributed by atoms with van der Waals surface area (Å²) < 4.78 is 436. The quantitative estimate of drug-likeness (QED) is 0.0655. The molecule has 108 heavy (non-hydrogen) atoms. The van der Waals surface area contributed by atoms with Gasteiger partial charge in [0, 0.05) is 131 Å². The molecule has 4 aliphatic heterocycles. The number of piperidine rings is 4. The number of nitrogens with zero attached hydrogens (tertiary/aromatic N) is 16. The predicted molar refractivity (Wildman–Crippen MR) is 422 cm³/mol. The van der Waals surface area contributed by atoms with Crippen LogP contribution in [-0.4, -0.2) is 136 Å². The zero-order chi connectivity index (χ0) is 115. The molecule has 20 nitrogen and oxygen atoms in total. The van der Waals surface area contributed by atoms with Gasteiger partial charge in [-0.25, -0.2) is 57.4 Å². The van der Waals surface area contributed by atoms with Gasteiger partial charge in [-0.05, 0) is 146 Å². The molecule has 4 aliphatic rings. The molecule has 4 fully saturated rings. The molecular formula is C76H68Cl4F4N20S4. The van der Waals surface area contributed by atoms with Crippen LogP contribution in [0.4, 0.5) is 40.8 Å². The number of halogens is 8. The number of benzene rings is 4. The Balaban J connectivity index is 0.000000171. The number of likely N-dealkylation sites (tertiary alicyclic amines) is 4. The van der Waals surface area contributed by atoms with Crippen LogP contribution in [0.25, 0.3) is 40.9 Å². The second-order valence-corrected chi connectivity index (χ2v) is 27.9. The van der Waals surface area contributed by atoms with E-state index in [-0.39, 0.29) is 115 Å². The van der Waals surface area contributed by atoms with Gasteiger partial charge in [0.1, 0.15) is 118 Å². The number of anilines is 4. The monoisotopic (exact) mass is 1650 g/mol. The number of thiophene rings is 4. The molecule has 0 aliphatic carbocycles. The molecule has 4 N–H and O–H groups in total. The van der Waals surface area contributed by atoms with Crippen LogP contribution in [0.15, 0.2) is 122 Å². The maximum Gasteiger partial charge on any atom is 0.162 e. The van der Waals surface area contributed by atoms with Crippen molar-refractivity contribution < 1.29 is 79.4 Å². The fraction of sp³-hybridized carbons (Fsp3) is 0.316. The maximum absolute atomic E-state index is 14.4. The molecule has 4 saturated heterocycles. The topological polar surface area (TPSA) is 259 Å². The van der Waals surface area contributed by atoms with Crippen molar-refractivity contribution in [3.05, 3.63) is 207 Å². The molecule has 12 aromatic rings. The van der Waals surface area contributed by atoms with E-state index in [1.165, 1.54) is 36.2 Å². The van der Waals surface area contributed by atoms with Gasteiger partial charge in [-0.1, -0.05) is 70.6 Å². The van der Waals surface area contributed by atoms with Crippen molar-refractivity contribution in [2.75, 3.05) is 73.4 Å². The van der Waals surface area contributed by atoms with Crippen molar-refractivity contribution in [1.82, 2.24) is 59.5 Å². The average molecular weight is 1650 g/mol. The van der Waals surface area contributed by atoms with Gasteiger partial charge >= 0.3 is 0 Å². The van der Waals surface area contributed by atoms with Gasteiger partial charge in [0.25, 0.3) is 0 Å². The van der Waals surface area contributed by atoms with Gasteiger partial charge in [0.2, 0.25) is 0 Å². The minimum atomic E-state index is -4.13. The summed E-state index contributed by atoms with van der Waals surface area (Å²) in [6, 6.07) is -15.0. The summed E-state index contributed by atoms with van der Waals surface area (Å²) in [6.45, 7) is -24.4. The van der Waals surface area contributed by atoms with Crippen LogP contribution in [0, 0.1) is 68.6 Å². The van der Waals surface area contributed by atoms with Crippen molar-refractivity contribution >= 4 is 156 Å². The van der Waals surface area contributed by atoms with Crippen molar-refractivity contribution in [2.24, 2.45) is 0 Å². The normalized spacial score (nSPS) is 27.4. The van der Waals surface area contributed by atoms with Crippen molar-refractivity contribution in [3.8, 4) is 24.3 Å². The Morgan fingerprint density at radius 3 is 1.21 bits per heavy atom. The summed E-state index contributed by atoms with van der Waals surface area (Å²) in [7, 11) is 0. The third-order valence-electron chi connectivity index (χ3n) is 14.5. The lowest BCUT2D eigenvalue weighted by atomic mass is 10.0. The van der Waals surface area contributed by atoms with Crippen LogP contribution in [0.2, 0.25) is 23.0 Å². The lowest BCUT2D eigenvalue weighted by Gasteiger charge is -2.32. The standard InChI is InChI=1S/4C19H17ClFN5S/c4*20-17-8-15-18(23-11-24-19(15)27-17)25-14-3-5-26(6-4-14)10-12-1-2-16(21)13(7-12)9-22/h4*1-2,7-8,11,14H,3-6,10H2,(H,23,24,25)/i1D,2D,3D2,4D2,5D2,6D2,7D,8D,10D,11D,14D;1D,3D2,4D2,5D2,6D2,7D,8D,10D2,11D,14D;1D,2D,7D,8D,10D,14D;1D,2D,7D,8D,10D/hD4. The number of nitrogens with one attached hydrogen (secondary N) is 4. The number of fused-ring (bicyclic) bond motifs is 4.